The van der Waals surface area contributed by atoms with Crippen LogP contribution in [0.15, 0.2) is 36.4 Å². The Morgan fingerprint density at radius 2 is 1.73 bits per heavy atom. The van der Waals surface area contributed by atoms with Crippen molar-refractivity contribution in [2.24, 2.45) is 0 Å². The van der Waals surface area contributed by atoms with E-state index in [1.807, 2.05) is 17.9 Å². The van der Waals surface area contributed by atoms with Gasteiger partial charge in [0.15, 0.2) is 0 Å². The maximum atomic E-state index is 12.4. The number of hydrogen-bond donors (Lipinski definition) is 0. The number of likely N-dealkylation sites (tertiary alicyclic amines) is 1. The topological polar surface area (TPSA) is 55.3 Å². The first kappa shape index (κ1) is 14.5. The minimum Gasteiger partial charge on any atom is -0.438 e. The van der Waals surface area contributed by atoms with Crippen LogP contribution >= 0.6 is 0 Å². The molecule has 2 heterocycles. The van der Waals surface area contributed by atoms with Crippen molar-refractivity contribution in [2.45, 2.75) is 26.2 Å². The minimum absolute atomic E-state index is 0.0985. The Morgan fingerprint density at radius 3 is 2.36 bits per heavy atom. The molecule has 0 bridgehead atoms. The highest BCUT2D eigenvalue weighted by atomic mass is 16.5. The lowest BCUT2D eigenvalue weighted by Gasteiger charge is -2.26. The van der Waals surface area contributed by atoms with E-state index in [4.69, 9.17) is 4.74 Å². The maximum absolute atomic E-state index is 12.4. The summed E-state index contributed by atoms with van der Waals surface area (Å²) in [4.78, 5) is 14.3. The fourth-order valence-corrected chi connectivity index (χ4v) is 2.51. The summed E-state index contributed by atoms with van der Waals surface area (Å²) in [7, 11) is 0. The van der Waals surface area contributed by atoms with E-state index in [0.717, 1.165) is 31.6 Å². The third-order valence-electron chi connectivity index (χ3n) is 3.74. The standard InChI is InChI=1S/C17H19N3O2/c1-13-5-10-16(19-18-13)22-15-8-6-14(7-9-15)17(21)20-11-3-2-4-12-20/h5-10H,2-4,11-12H2,1H3. The van der Waals surface area contributed by atoms with Crippen molar-refractivity contribution in [3.05, 3.63) is 47.7 Å². The van der Waals surface area contributed by atoms with E-state index in [0.29, 0.717) is 17.2 Å². The first-order chi connectivity index (χ1) is 10.7. The van der Waals surface area contributed by atoms with Gasteiger partial charge in [0.2, 0.25) is 5.88 Å². The number of amides is 1. The van der Waals surface area contributed by atoms with Gasteiger partial charge >= 0.3 is 0 Å². The molecule has 114 valence electrons. The number of benzene rings is 1. The third kappa shape index (κ3) is 3.42. The van der Waals surface area contributed by atoms with Crippen LogP contribution in [0.25, 0.3) is 0 Å². The number of carbonyl (C=O) groups excluding carboxylic acids is 1. The van der Waals surface area contributed by atoms with Gasteiger partial charge in [0.05, 0.1) is 5.69 Å². The van der Waals surface area contributed by atoms with Gasteiger partial charge in [-0.1, -0.05) is 0 Å². The van der Waals surface area contributed by atoms with E-state index >= 15 is 0 Å². The second-order valence-electron chi connectivity index (χ2n) is 5.49. The van der Waals surface area contributed by atoms with Crippen LogP contribution in [0.1, 0.15) is 35.3 Å². The second kappa shape index (κ2) is 6.56. The zero-order valence-corrected chi connectivity index (χ0v) is 12.7. The molecule has 0 aliphatic carbocycles. The molecular weight excluding hydrogens is 278 g/mol. The summed E-state index contributed by atoms with van der Waals surface area (Å²) in [5, 5.41) is 7.90. The number of aryl methyl sites for hydroxylation is 1. The lowest BCUT2D eigenvalue weighted by Crippen LogP contribution is -2.35. The molecule has 1 aromatic heterocycles. The molecule has 1 aliphatic rings. The third-order valence-corrected chi connectivity index (χ3v) is 3.74. The summed E-state index contributed by atoms with van der Waals surface area (Å²) in [5.41, 5.74) is 1.54. The number of carbonyl (C=O) groups is 1. The maximum Gasteiger partial charge on any atom is 0.253 e. The summed E-state index contributed by atoms with van der Waals surface area (Å²) in [6, 6.07) is 10.8. The van der Waals surface area contributed by atoms with Gasteiger partial charge in [-0.2, -0.15) is 5.10 Å². The van der Waals surface area contributed by atoms with Crippen LogP contribution in [0.2, 0.25) is 0 Å². The lowest BCUT2D eigenvalue weighted by molar-refractivity contribution is 0.0724. The zero-order chi connectivity index (χ0) is 15.4. The highest BCUT2D eigenvalue weighted by molar-refractivity contribution is 5.94. The van der Waals surface area contributed by atoms with E-state index < -0.39 is 0 Å². The summed E-state index contributed by atoms with van der Waals surface area (Å²) in [6.45, 7) is 3.59. The van der Waals surface area contributed by atoms with Gasteiger partial charge in [-0.25, -0.2) is 0 Å². The number of rotatable bonds is 3. The molecule has 1 fully saturated rings. The molecule has 1 aromatic carbocycles. The monoisotopic (exact) mass is 297 g/mol. The summed E-state index contributed by atoms with van der Waals surface area (Å²) in [6.07, 6.45) is 3.41. The van der Waals surface area contributed by atoms with Crippen molar-refractivity contribution in [1.29, 1.82) is 0 Å². The highest BCUT2D eigenvalue weighted by Crippen LogP contribution is 2.20. The van der Waals surface area contributed by atoms with Crippen molar-refractivity contribution in [1.82, 2.24) is 15.1 Å². The molecule has 5 nitrogen and oxygen atoms in total. The minimum atomic E-state index is 0.0985. The molecule has 22 heavy (non-hydrogen) atoms. The molecule has 0 unspecified atom stereocenters. The predicted molar refractivity (Wildman–Crippen MR) is 83.0 cm³/mol. The smallest absolute Gasteiger partial charge is 0.253 e. The Kier molecular flexibility index (Phi) is 4.32. The molecule has 1 amide bonds. The Hall–Kier alpha value is -2.43. The van der Waals surface area contributed by atoms with Gasteiger partial charge in [0, 0.05) is 24.7 Å². The Bertz CT molecular complexity index is 632. The molecule has 5 heteroatoms. The largest absolute Gasteiger partial charge is 0.438 e. The van der Waals surface area contributed by atoms with Gasteiger partial charge < -0.3 is 9.64 Å². The quantitative estimate of drug-likeness (QED) is 0.873. The molecule has 1 aliphatic heterocycles. The Balaban J connectivity index is 1.66. The zero-order valence-electron chi connectivity index (χ0n) is 12.7. The van der Waals surface area contributed by atoms with Crippen molar-refractivity contribution < 1.29 is 9.53 Å². The normalized spacial score (nSPS) is 14.7. The van der Waals surface area contributed by atoms with Crippen LogP contribution in [0.5, 0.6) is 11.6 Å². The molecule has 0 N–H and O–H groups in total. The van der Waals surface area contributed by atoms with Crippen LogP contribution in [0.4, 0.5) is 0 Å². The molecule has 0 spiro atoms. The molecular formula is C17H19N3O2. The van der Waals surface area contributed by atoms with E-state index in [1.165, 1.54) is 6.42 Å². The Morgan fingerprint density at radius 1 is 1.00 bits per heavy atom. The lowest BCUT2D eigenvalue weighted by atomic mass is 10.1. The van der Waals surface area contributed by atoms with E-state index in [2.05, 4.69) is 10.2 Å². The molecule has 3 rings (SSSR count). The van der Waals surface area contributed by atoms with Crippen molar-refractivity contribution in [3.63, 3.8) is 0 Å². The van der Waals surface area contributed by atoms with E-state index in [1.54, 1.807) is 30.3 Å². The van der Waals surface area contributed by atoms with Crippen LogP contribution in [0.3, 0.4) is 0 Å². The van der Waals surface area contributed by atoms with Gasteiger partial charge in [0.25, 0.3) is 5.91 Å². The first-order valence-corrected chi connectivity index (χ1v) is 7.60. The van der Waals surface area contributed by atoms with Crippen LogP contribution in [0, 0.1) is 6.92 Å². The molecule has 0 saturated carbocycles. The fourth-order valence-electron chi connectivity index (χ4n) is 2.51. The predicted octanol–water partition coefficient (Wildman–Crippen LogP) is 3.20. The molecule has 2 aromatic rings. The second-order valence-corrected chi connectivity index (χ2v) is 5.49. The fraction of sp³-hybridized carbons (Fsp3) is 0.353. The van der Waals surface area contributed by atoms with Crippen molar-refractivity contribution >= 4 is 5.91 Å². The summed E-state index contributed by atoms with van der Waals surface area (Å²) in [5.74, 6) is 1.19. The van der Waals surface area contributed by atoms with Crippen LogP contribution in [-0.2, 0) is 0 Å². The van der Waals surface area contributed by atoms with Gasteiger partial charge in [-0.05, 0) is 56.5 Å². The van der Waals surface area contributed by atoms with E-state index in [-0.39, 0.29) is 5.91 Å². The van der Waals surface area contributed by atoms with Crippen LogP contribution < -0.4 is 4.74 Å². The van der Waals surface area contributed by atoms with Gasteiger partial charge in [-0.15, -0.1) is 5.10 Å². The summed E-state index contributed by atoms with van der Waals surface area (Å²) < 4.78 is 5.62. The van der Waals surface area contributed by atoms with Crippen molar-refractivity contribution in [2.75, 3.05) is 13.1 Å². The van der Waals surface area contributed by atoms with Crippen molar-refractivity contribution in [3.8, 4) is 11.6 Å². The number of hydrogen-bond acceptors (Lipinski definition) is 4. The van der Waals surface area contributed by atoms with Gasteiger partial charge in [0.1, 0.15) is 5.75 Å². The van der Waals surface area contributed by atoms with Crippen LogP contribution in [-0.4, -0.2) is 34.1 Å². The molecule has 0 atom stereocenters. The van der Waals surface area contributed by atoms with E-state index in [9.17, 15) is 4.79 Å². The number of nitrogens with zero attached hydrogens (tertiary/aromatic N) is 3. The molecule has 1 saturated heterocycles. The number of ether oxygens (including phenoxy) is 1. The average Bonchev–Trinajstić information content (AvgIpc) is 2.58. The van der Waals surface area contributed by atoms with Gasteiger partial charge in [-0.3, -0.25) is 4.79 Å². The Labute approximate surface area is 129 Å². The number of piperidine rings is 1. The summed E-state index contributed by atoms with van der Waals surface area (Å²) >= 11 is 0. The first-order valence-electron chi connectivity index (χ1n) is 7.60. The SMILES string of the molecule is Cc1ccc(Oc2ccc(C(=O)N3CCCCC3)cc2)nn1. The number of aromatic nitrogens is 2. The molecule has 0 radical (unpaired) electrons. The highest BCUT2D eigenvalue weighted by Gasteiger charge is 2.17. The average molecular weight is 297 g/mol.